The van der Waals surface area contributed by atoms with Crippen LogP contribution < -0.4 is 0 Å². The fourth-order valence-corrected chi connectivity index (χ4v) is 4.72. The Balaban J connectivity index is 1.65. The molecule has 1 saturated carbocycles. The van der Waals surface area contributed by atoms with Crippen molar-refractivity contribution in [1.29, 1.82) is 0 Å². The predicted octanol–water partition coefficient (Wildman–Crippen LogP) is 5.87. The normalized spacial score (nSPS) is 21.1. The van der Waals surface area contributed by atoms with Crippen LogP contribution in [0.15, 0.2) is 48.5 Å². The summed E-state index contributed by atoms with van der Waals surface area (Å²) in [6.07, 6.45) is -1.24. The lowest BCUT2D eigenvalue weighted by Crippen LogP contribution is -2.42. The van der Waals surface area contributed by atoms with Crippen LogP contribution in [0.25, 0.3) is 0 Å². The van der Waals surface area contributed by atoms with Crippen LogP contribution in [0.1, 0.15) is 86.3 Å². The standard InChI is InChI=1S/C27H34F3NO3/c1-5-31(24(32)20-8-14-22(15-9-20)26(4,34)27(28,29)30)23-16-10-19(11-17-23)18-6-12-21(13-7-18)25(2,3)33/h6-9,12-15,19,23,33-34H,5,10-11,16-17H2,1-4H3/t19-,23-,26-/m0/s1. The second kappa shape index (κ2) is 9.70. The highest BCUT2D eigenvalue weighted by Crippen LogP contribution is 2.39. The molecule has 7 heteroatoms. The Morgan fingerprint density at radius 2 is 1.38 bits per heavy atom. The van der Waals surface area contributed by atoms with Gasteiger partial charge in [-0.05, 0) is 88.1 Å². The molecule has 0 radical (unpaired) electrons. The molecule has 1 atom stereocenters. The van der Waals surface area contributed by atoms with Gasteiger partial charge in [-0.1, -0.05) is 36.4 Å². The lowest BCUT2D eigenvalue weighted by molar-refractivity contribution is -0.258. The second-order valence-corrected chi connectivity index (χ2v) is 9.92. The van der Waals surface area contributed by atoms with Crippen molar-refractivity contribution in [2.75, 3.05) is 6.54 Å². The summed E-state index contributed by atoms with van der Waals surface area (Å²) in [5, 5.41) is 20.0. The highest BCUT2D eigenvalue weighted by atomic mass is 19.4. The highest BCUT2D eigenvalue weighted by Gasteiger charge is 2.51. The third-order valence-electron chi connectivity index (χ3n) is 7.07. The molecule has 0 aliphatic heterocycles. The van der Waals surface area contributed by atoms with Crippen molar-refractivity contribution in [1.82, 2.24) is 4.90 Å². The number of alkyl halides is 3. The van der Waals surface area contributed by atoms with Crippen molar-refractivity contribution in [3.05, 3.63) is 70.8 Å². The minimum absolute atomic E-state index is 0.0716. The monoisotopic (exact) mass is 477 g/mol. The van der Waals surface area contributed by atoms with Crippen LogP contribution in [0.3, 0.4) is 0 Å². The zero-order valence-corrected chi connectivity index (χ0v) is 20.2. The summed E-state index contributed by atoms with van der Waals surface area (Å²) in [7, 11) is 0. The fourth-order valence-electron chi connectivity index (χ4n) is 4.72. The summed E-state index contributed by atoms with van der Waals surface area (Å²) in [4.78, 5) is 14.9. The van der Waals surface area contributed by atoms with Crippen molar-refractivity contribution in [2.45, 2.75) is 82.7 Å². The molecule has 34 heavy (non-hydrogen) atoms. The van der Waals surface area contributed by atoms with Gasteiger partial charge in [0, 0.05) is 18.2 Å². The lowest BCUT2D eigenvalue weighted by Gasteiger charge is -2.37. The molecule has 2 aromatic rings. The molecule has 1 fully saturated rings. The maximum atomic E-state index is 13.1. The third kappa shape index (κ3) is 5.47. The van der Waals surface area contributed by atoms with Crippen LogP contribution >= 0.6 is 0 Å². The van der Waals surface area contributed by atoms with Gasteiger partial charge in [0.1, 0.15) is 0 Å². The van der Waals surface area contributed by atoms with Gasteiger partial charge in [-0.15, -0.1) is 0 Å². The minimum atomic E-state index is -4.80. The Hall–Kier alpha value is -2.38. The van der Waals surface area contributed by atoms with Crippen LogP contribution in [0.2, 0.25) is 0 Å². The number of nitrogens with zero attached hydrogens (tertiary/aromatic N) is 1. The largest absolute Gasteiger partial charge is 0.421 e. The molecule has 3 rings (SSSR count). The first kappa shape index (κ1) is 26.2. The zero-order chi connectivity index (χ0) is 25.3. The zero-order valence-electron chi connectivity index (χ0n) is 20.2. The van der Waals surface area contributed by atoms with Crippen molar-refractivity contribution in [3.63, 3.8) is 0 Å². The van der Waals surface area contributed by atoms with E-state index < -0.39 is 17.4 Å². The molecule has 2 aromatic carbocycles. The van der Waals surface area contributed by atoms with Crippen molar-refractivity contribution >= 4 is 5.91 Å². The average molecular weight is 478 g/mol. The van der Waals surface area contributed by atoms with Gasteiger partial charge in [-0.3, -0.25) is 4.79 Å². The number of benzene rings is 2. The number of halogens is 3. The van der Waals surface area contributed by atoms with E-state index in [9.17, 15) is 28.2 Å². The van der Waals surface area contributed by atoms with E-state index in [0.717, 1.165) is 31.2 Å². The first-order chi connectivity index (χ1) is 15.8. The maximum absolute atomic E-state index is 13.1. The third-order valence-corrected chi connectivity index (χ3v) is 7.07. The van der Waals surface area contributed by atoms with E-state index >= 15 is 0 Å². The Labute approximate surface area is 199 Å². The van der Waals surface area contributed by atoms with E-state index in [0.29, 0.717) is 24.9 Å². The lowest BCUT2D eigenvalue weighted by atomic mass is 9.80. The Kier molecular flexibility index (Phi) is 7.48. The first-order valence-corrected chi connectivity index (χ1v) is 11.8. The van der Waals surface area contributed by atoms with E-state index in [1.54, 1.807) is 18.7 Å². The van der Waals surface area contributed by atoms with Crippen LogP contribution in [0.5, 0.6) is 0 Å². The molecule has 2 N–H and O–H groups in total. The number of hydrogen-bond donors (Lipinski definition) is 2. The smallest absolute Gasteiger partial charge is 0.386 e. The molecule has 0 bridgehead atoms. The number of hydrogen-bond acceptors (Lipinski definition) is 3. The van der Waals surface area contributed by atoms with Crippen LogP contribution in [0.4, 0.5) is 13.2 Å². The fraction of sp³-hybridized carbons (Fsp3) is 0.519. The molecule has 4 nitrogen and oxygen atoms in total. The topological polar surface area (TPSA) is 60.8 Å². The van der Waals surface area contributed by atoms with Gasteiger partial charge in [0.05, 0.1) is 5.60 Å². The molecule has 1 aliphatic carbocycles. The average Bonchev–Trinajstić information content (AvgIpc) is 2.79. The van der Waals surface area contributed by atoms with Gasteiger partial charge in [-0.25, -0.2) is 0 Å². The van der Waals surface area contributed by atoms with Gasteiger partial charge in [0.2, 0.25) is 0 Å². The summed E-state index contributed by atoms with van der Waals surface area (Å²) >= 11 is 0. The van der Waals surface area contributed by atoms with Crippen LogP contribution in [-0.4, -0.2) is 39.8 Å². The maximum Gasteiger partial charge on any atom is 0.421 e. The highest BCUT2D eigenvalue weighted by molar-refractivity contribution is 5.94. The van der Waals surface area contributed by atoms with Crippen molar-refractivity contribution in [2.24, 2.45) is 0 Å². The van der Waals surface area contributed by atoms with E-state index in [4.69, 9.17) is 0 Å². The SMILES string of the molecule is CCN(C(=O)c1ccc([C@](C)(O)C(F)(F)F)cc1)[C@H]1CC[C@H](c2ccc(C(C)(C)O)cc2)CC1. The number of carbonyl (C=O) groups is 1. The summed E-state index contributed by atoms with van der Waals surface area (Å²) < 4.78 is 39.3. The van der Waals surface area contributed by atoms with E-state index in [1.807, 2.05) is 19.1 Å². The molecule has 0 spiro atoms. The summed E-state index contributed by atoms with van der Waals surface area (Å²) in [5.74, 6) is 0.184. The number of rotatable bonds is 6. The Bertz CT molecular complexity index is 968. The first-order valence-electron chi connectivity index (χ1n) is 11.8. The number of carbonyl (C=O) groups excluding carboxylic acids is 1. The molecule has 186 valence electrons. The summed E-state index contributed by atoms with van der Waals surface area (Å²) in [5.41, 5.74) is -1.73. The summed E-state index contributed by atoms with van der Waals surface area (Å²) in [6.45, 7) is 6.64. The van der Waals surface area contributed by atoms with Gasteiger partial charge < -0.3 is 15.1 Å². The quantitative estimate of drug-likeness (QED) is 0.547. The molecule has 0 aromatic heterocycles. The van der Waals surface area contributed by atoms with Crippen LogP contribution in [-0.2, 0) is 11.2 Å². The van der Waals surface area contributed by atoms with Crippen molar-refractivity contribution < 1.29 is 28.2 Å². The van der Waals surface area contributed by atoms with Gasteiger partial charge in [0.15, 0.2) is 5.60 Å². The second-order valence-electron chi connectivity index (χ2n) is 9.92. The van der Waals surface area contributed by atoms with Gasteiger partial charge >= 0.3 is 6.18 Å². The Morgan fingerprint density at radius 3 is 1.82 bits per heavy atom. The summed E-state index contributed by atoms with van der Waals surface area (Å²) in [6, 6.07) is 13.2. The molecule has 0 heterocycles. The molecule has 1 amide bonds. The number of aliphatic hydroxyl groups is 2. The van der Waals surface area contributed by atoms with E-state index in [2.05, 4.69) is 12.1 Å². The van der Waals surface area contributed by atoms with E-state index in [-0.39, 0.29) is 17.5 Å². The number of amides is 1. The van der Waals surface area contributed by atoms with Crippen LogP contribution in [0, 0.1) is 0 Å². The van der Waals surface area contributed by atoms with Gasteiger partial charge in [0.25, 0.3) is 5.91 Å². The predicted molar refractivity (Wildman–Crippen MR) is 125 cm³/mol. The molecular weight excluding hydrogens is 443 g/mol. The van der Waals surface area contributed by atoms with E-state index in [1.165, 1.54) is 29.8 Å². The Morgan fingerprint density at radius 1 is 0.882 bits per heavy atom. The molecule has 0 saturated heterocycles. The van der Waals surface area contributed by atoms with Crippen molar-refractivity contribution in [3.8, 4) is 0 Å². The van der Waals surface area contributed by atoms with Gasteiger partial charge in [-0.2, -0.15) is 13.2 Å². The molecule has 0 unspecified atom stereocenters. The minimum Gasteiger partial charge on any atom is -0.386 e. The molecular formula is C27H34F3NO3. The molecule has 1 aliphatic rings.